The Morgan fingerprint density at radius 1 is 1.30 bits per heavy atom. The smallest absolute Gasteiger partial charge is 0.270 e. The third kappa shape index (κ3) is 8.49. The number of aryl methyl sites for hydroxylation is 1. The maximum absolute atomic E-state index is 12.3. The number of aliphatic imine (C=N–C) groups is 1. The third-order valence-electron chi connectivity index (χ3n) is 3.70. The third-order valence-corrected chi connectivity index (χ3v) is 5.98. The van der Waals surface area contributed by atoms with Crippen LogP contribution >= 0.6 is 35.3 Å². The second-order valence-corrected chi connectivity index (χ2v) is 8.78. The molecule has 0 aliphatic heterocycles. The Balaban J connectivity index is 0.00000450. The molecule has 0 amide bonds. The first-order valence-electron chi connectivity index (χ1n) is 8.99. The molecule has 0 aliphatic rings. The monoisotopic (exact) mass is 568 g/mol. The van der Waals surface area contributed by atoms with Crippen LogP contribution in [0.2, 0.25) is 0 Å². The SMILES string of the molecule is CCNC(=NCCNS(=O)(=O)c1cccc([N+](=O)[O-])c1)NCCc1csc(C)n1.I. The van der Waals surface area contributed by atoms with Crippen LogP contribution in [0.25, 0.3) is 0 Å². The zero-order chi connectivity index (χ0) is 21.3. The number of aromatic nitrogens is 1. The van der Waals surface area contributed by atoms with Crippen LogP contribution in [-0.4, -0.2) is 50.5 Å². The minimum absolute atomic E-state index is 0. The molecule has 30 heavy (non-hydrogen) atoms. The summed E-state index contributed by atoms with van der Waals surface area (Å²) in [5, 5.41) is 20.1. The predicted molar refractivity (Wildman–Crippen MR) is 128 cm³/mol. The first-order valence-corrected chi connectivity index (χ1v) is 11.4. The van der Waals surface area contributed by atoms with Gasteiger partial charge in [-0.05, 0) is 19.9 Å². The minimum atomic E-state index is -3.85. The molecule has 0 atom stereocenters. The predicted octanol–water partition coefficient (Wildman–Crippen LogP) is 2.05. The molecule has 0 saturated carbocycles. The number of guanidine groups is 1. The second-order valence-electron chi connectivity index (χ2n) is 5.95. The van der Waals surface area contributed by atoms with E-state index in [1.54, 1.807) is 11.3 Å². The zero-order valence-electron chi connectivity index (χ0n) is 16.6. The van der Waals surface area contributed by atoms with E-state index in [1.165, 1.54) is 18.2 Å². The van der Waals surface area contributed by atoms with Gasteiger partial charge in [0, 0.05) is 43.6 Å². The molecule has 0 saturated heterocycles. The van der Waals surface area contributed by atoms with Crippen molar-refractivity contribution in [2.75, 3.05) is 26.2 Å². The highest BCUT2D eigenvalue weighted by Gasteiger charge is 2.16. The first-order chi connectivity index (χ1) is 13.8. The van der Waals surface area contributed by atoms with Crippen LogP contribution in [-0.2, 0) is 16.4 Å². The summed E-state index contributed by atoms with van der Waals surface area (Å²) in [5.74, 6) is 0.578. The lowest BCUT2D eigenvalue weighted by Crippen LogP contribution is -2.39. The van der Waals surface area contributed by atoms with Gasteiger partial charge >= 0.3 is 0 Å². The summed E-state index contributed by atoms with van der Waals surface area (Å²) < 4.78 is 27.0. The summed E-state index contributed by atoms with van der Waals surface area (Å²) in [5.41, 5.74) is 0.736. The van der Waals surface area contributed by atoms with E-state index in [2.05, 4.69) is 25.3 Å². The average Bonchev–Trinajstić information content (AvgIpc) is 3.10. The van der Waals surface area contributed by atoms with Gasteiger partial charge in [-0.1, -0.05) is 6.07 Å². The topological polar surface area (TPSA) is 139 Å². The van der Waals surface area contributed by atoms with Crippen molar-refractivity contribution in [3.8, 4) is 0 Å². The van der Waals surface area contributed by atoms with E-state index < -0.39 is 14.9 Å². The van der Waals surface area contributed by atoms with Gasteiger partial charge in [-0.15, -0.1) is 35.3 Å². The Kier molecular flexibility index (Phi) is 11.1. The molecule has 0 unspecified atom stereocenters. The number of thiazole rings is 1. The van der Waals surface area contributed by atoms with E-state index in [-0.39, 0.29) is 47.6 Å². The summed E-state index contributed by atoms with van der Waals surface area (Å²) in [6.07, 6.45) is 0.758. The van der Waals surface area contributed by atoms with Crippen LogP contribution in [0.5, 0.6) is 0 Å². The molecule has 0 aliphatic carbocycles. The molecular formula is C17H25IN6O4S2. The van der Waals surface area contributed by atoms with E-state index in [1.807, 2.05) is 19.2 Å². The van der Waals surface area contributed by atoms with Crippen molar-refractivity contribution in [2.24, 2.45) is 4.99 Å². The number of nitrogens with zero attached hydrogens (tertiary/aromatic N) is 3. The molecule has 0 spiro atoms. The van der Waals surface area contributed by atoms with Crippen LogP contribution in [0, 0.1) is 17.0 Å². The van der Waals surface area contributed by atoms with Crippen molar-refractivity contribution in [1.29, 1.82) is 0 Å². The molecule has 0 fully saturated rings. The van der Waals surface area contributed by atoms with Crippen LogP contribution in [0.3, 0.4) is 0 Å². The number of hydrogen-bond acceptors (Lipinski definition) is 7. The van der Waals surface area contributed by atoms with Crippen LogP contribution in [0.1, 0.15) is 17.6 Å². The van der Waals surface area contributed by atoms with Crippen molar-refractivity contribution >= 4 is 57.0 Å². The summed E-state index contributed by atoms with van der Waals surface area (Å²) in [6, 6.07) is 4.91. The Labute approximate surface area is 196 Å². The van der Waals surface area contributed by atoms with Crippen molar-refractivity contribution < 1.29 is 13.3 Å². The van der Waals surface area contributed by atoms with Crippen molar-refractivity contribution in [3.63, 3.8) is 0 Å². The van der Waals surface area contributed by atoms with E-state index in [0.717, 1.165) is 23.2 Å². The fraction of sp³-hybridized carbons (Fsp3) is 0.412. The van der Waals surface area contributed by atoms with Crippen LogP contribution in [0.15, 0.2) is 39.5 Å². The number of sulfonamides is 1. The van der Waals surface area contributed by atoms with Gasteiger partial charge in [0.2, 0.25) is 10.0 Å². The van der Waals surface area contributed by atoms with Gasteiger partial charge in [0.1, 0.15) is 0 Å². The number of rotatable bonds is 10. The van der Waals surface area contributed by atoms with Gasteiger partial charge in [-0.25, -0.2) is 18.1 Å². The fourth-order valence-electron chi connectivity index (χ4n) is 2.37. The molecule has 1 heterocycles. The van der Waals surface area contributed by atoms with Crippen LogP contribution in [0.4, 0.5) is 5.69 Å². The van der Waals surface area contributed by atoms with E-state index in [9.17, 15) is 18.5 Å². The first kappa shape index (κ1) is 26.2. The Morgan fingerprint density at radius 3 is 2.70 bits per heavy atom. The average molecular weight is 568 g/mol. The van der Waals surface area contributed by atoms with Gasteiger partial charge in [-0.3, -0.25) is 15.1 Å². The van der Waals surface area contributed by atoms with Crippen molar-refractivity contribution in [2.45, 2.75) is 25.2 Å². The number of nitro groups is 1. The maximum Gasteiger partial charge on any atom is 0.270 e. The van der Waals surface area contributed by atoms with Crippen molar-refractivity contribution in [1.82, 2.24) is 20.3 Å². The summed E-state index contributed by atoms with van der Waals surface area (Å²) in [7, 11) is -3.85. The number of halogens is 1. The minimum Gasteiger partial charge on any atom is -0.357 e. The highest BCUT2D eigenvalue weighted by molar-refractivity contribution is 14.0. The molecule has 1 aromatic heterocycles. The Bertz CT molecular complexity index is 965. The molecular weight excluding hydrogens is 543 g/mol. The lowest BCUT2D eigenvalue weighted by Gasteiger charge is -2.11. The van der Waals surface area contributed by atoms with Gasteiger partial charge in [0.15, 0.2) is 5.96 Å². The van der Waals surface area contributed by atoms with Gasteiger partial charge in [-0.2, -0.15) is 0 Å². The summed E-state index contributed by atoms with van der Waals surface area (Å²) in [6.45, 7) is 5.48. The molecule has 3 N–H and O–H groups in total. The number of non-ortho nitro benzene ring substituents is 1. The fourth-order valence-corrected chi connectivity index (χ4v) is 4.08. The summed E-state index contributed by atoms with van der Waals surface area (Å²) >= 11 is 1.61. The molecule has 166 valence electrons. The lowest BCUT2D eigenvalue weighted by molar-refractivity contribution is -0.385. The zero-order valence-corrected chi connectivity index (χ0v) is 20.6. The second kappa shape index (κ2) is 12.8. The molecule has 2 rings (SSSR count). The normalized spacial score (nSPS) is 11.6. The highest BCUT2D eigenvalue weighted by Crippen LogP contribution is 2.16. The standard InChI is InChI=1S/C17H24N6O4S2.HI/c1-3-18-17(19-8-7-14-12-28-13(2)22-14)20-9-10-21-29(26,27)16-6-4-5-15(11-16)23(24)25;/h4-6,11-12,21H,3,7-10H2,1-2H3,(H2,18,19,20);1H. The lowest BCUT2D eigenvalue weighted by atomic mass is 10.3. The molecule has 10 nitrogen and oxygen atoms in total. The van der Waals surface area contributed by atoms with Crippen LogP contribution < -0.4 is 15.4 Å². The Hall–Kier alpha value is -1.84. The molecule has 1 aromatic carbocycles. The van der Waals surface area contributed by atoms with E-state index >= 15 is 0 Å². The number of nitro benzene ring substituents is 1. The molecule has 0 bridgehead atoms. The van der Waals surface area contributed by atoms with Gasteiger partial charge in [0.25, 0.3) is 5.69 Å². The Morgan fingerprint density at radius 2 is 2.07 bits per heavy atom. The van der Waals surface area contributed by atoms with Gasteiger partial charge < -0.3 is 10.6 Å². The number of nitrogens with one attached hydrogen (secondary N) is 3. The van der Waals surface area contributed by atoms with E-state index in [0.29, 0.717) is 19.0 Å². The van der Waals surface area contributed by atoms with Gasteiger partial charge in [0.05, 0.1) is 27.1 Å². The quantitative estimate of drug-likeness (QED) is 0.0996. The molecule has 2 aromatic rings. The highest BCUT2D eigenvalue weighted by atomic mass is 127. The molecule has 0 radical (unpaired) electrons. The largest absolute Gasteiger partial charge is 0.357 e. The summed E-state index contributed by atoms with van der Waals surface area (Å²) in [4.78, 5) is 18.8. The number of benzene rings is 1. The van der Waals surface area contributed by atoms with Crippen molar-refractivity contribution in [3.05, 3.63) is 50.5 Å². The maximum atomic E-state index is 12.3. The molecule has 13 heteroatoms. The van der Waals surface area contributed by atoms with E-state index in [4.69, 9.17) is 0 Å². The number of hydrogen-bond donors (Lipinski definition) is 3.